The highest BCUT2D eigenvalue weighted by Crippen LogP contribution is 2.36. The minimum Gasteiger partial charge on any atom is -0.493 e. The number of hydrogen-bond acceptors (Lipinski definition) is 6. The van der Waals surface area contributed by atoms with Gasteiger partial charge in [-0.2, -0.15) is 0 Å². The van der Waals surface area contributed by atoms with Crippen LogP contribution in [0.25, 0.3) is 5.57 Å². The van der Waals surface area contributed by atoms with Crippen LogP contribution in [-0.4, -0.2) is 51.2 Å². The normalized spacial score (nSPS) is 14.2. The van der Waals surface area contributed by atoms with Crippen molar-refractivity contribution in [2.24, 2.45) is 0 Å². The van der Waals surface area contributed by atoms with Gasteiger partial charge >= 0.3 is 0 Å². The predicted octanol–water partition coefficient (Wildman–Crippen LogP) is 3.84. The third-order valence-corrected chi connectivity index (χ3v) is 5.38. The van der Waals surface area contributed by atoms with Crippen LogP contribution in [0.4, 0.5) is 5.69 Å². The zero-order chi connectivity index (χ0) is 23.5. The number of nitrogens with zero attached hydrogens (tertiary/aromatic N) is 1. The van der Waals surface area contributed by atoms with E-state index >= 15 is 0 Å². The Kier molecular flexibility index (Phi) is 6.89. The van der Waals surface area contributed by atoms with Crippen LogP contribution in [0.5, 0.6) is 11.5 Å². The minimum atomic E-state index is -0.392. The molecule has 0 fully saturated rings. The second-order valence-corrected chi connectivity index (χ2v) is 8.53. The van der Waals surface area contributed by atoms with Gasteiger partial charge in [0.1, 0.15) is 5.70 Å². The number of imide groups is 1. The largest absolute Gasteiger partial charge is 0.493 e. The van der Waals surface area contributed by atoms with E-state index in [1.54, 1.807) is 25.3 Å². The van der Waals surface area contributed by atoms with Crippen molar-refractivity contribution in [3.63, 3.8) is 0 Å². The minimum absolute atomic E-state index is 0.0126. The third kappa shape index (κ3) is 4.62. The van der Waals surface area contributed by atoms with Gasteiger partial charge in [-0.25, -0.2) is 0 Å². The first-order valence-electron chi connectivity index (χ1n) is 10.4. The van der Waals surface area contributed by atoms with Crippen molar-refractivity contribution < 1.29 is 23.8 Å². The number of ether oxygens (including phenoxy) is 3. The van der Waals surface area contributed by atoms with Gasteiger partial charge in [-0.3, -0.25) is 14.5 Å². The highest BCUT2D eigenvalue weighted by atomic mass is 16.5. The number of carbonyl (C=O) groups excluding carboxylic acids is 2. The first kappa shape index (κ1) is 23.3. The highest BCUT2D eigenvalue weighted by molar-refractivity contribution is 6.36. The van der Waals surface area contributed by atoms with Crippen LogP contribution in [0.2, 0.25) is 0 Å². The average molecular weight is 439 g/mol. The Bertz CT molecular complexity index is 1040. The van der Waals surface area contributed by atoms with E-state index in [2.05, 4.69) is 26.1 Å². The summed E-state index contributed by atoms with van der Waals surface area (Å²) in [7, 11) is 4.60. The molecule has 0 unspecified atom stereocenters. The fourth-order valence-corrected chi connectivity index (χ4v) is 3.54. The Labute approximate surface area is 189 Å². The maximum atomic E-state index is 13.2. The van der Waals surface area contributed by atoms with Crippen molar-refractivity contribution in [1.82, 2.24) is 4.90 Å². The molecule has 170 valence electrons. The van der Waals surface area contributed by atoms with Crippen LogP contribution in [-0.2, 0) is 19.7 Å². The first-order valence-corrected chi connectivity index (χ1v) is 10.4. The molecule has 2 aromatic carbocycles. The molecule has 2 aromatic rings. The lowest BCUT2D eigenvalue weighted by molar-refractivity contribution is -0.137. The zero-order valence-corrected chi connectivity index (χ0v) is 19.4. The van der Waals surface area contributed by atoms with E-state index in [9.17, 15) is 9.59 Å². The Hall–Kier alpha value is -3.32. The van der Waals surface area contributed by atoms with Crippen molar-refractivity contribution in [3.8, 4) is 11.5 Å². The van der Waals surface area contributed by atoms with Gasteiger partial charge in [-0.15, -0.1) is 0 Å². The molecule has 0 saturated carbocycles. The first-order chi connectivity index (χ1) is 15.2. The van der Waals surface area contributed by atoms with E-state index in [0.717, 1.165) is 5.69 Å². The van der Waals surface area contributed by atoms with Crippen molar-refractivity contribution in [2.45, 2.75) is 26.2 Å². The molecule has 0 aromatic heterocycles. The lowest BCUT2D eigenvalue weighted by atomic mass is 9.87. The van der Waals surface area contributed by atoms with Gasteiger partial charge in [0.25, 0.3) is 11.8 Å². The fourth-order valence-electron chi connectivity index (χ4n) is 3.54. The van der Waals surface area contributed by atoms with Crippen LogP contribution < -0.4 is 14.8 Å². The van der Waals surface area contributed by atoms with Gasteiger partial charge in [0, 0.05) is 12.8 Å². The van der Waals surface area contributed by atoms with Gasteiger partial charge in [0.2, 0.25) is 0 Å². The number of amides is 2. The Morgan fingerprint density at radius 1 is 0.875 bits per heavy atom. The quantitative estimate of drug-likeness (QED) is 0.631. The molecule has 2 amide bonds. The topological polar surface area (TPSA) is 77.1 Å². The Morgan fingerprint density at radius 2 is 1.53 bits per heavy atom. The lowest BCUT2D eigenvalue weighted by Gasteiger charge is -2.19. The molecule has 32 heavy (non-hydrogen) atoms. The van der Waals surface area contributed by atoms with E-state index in [1.807, 2.05) is 24.3 Å². The Morgan fingerprint density at radius 3 is 2.09 bits per heavy atom. The highest BCUT2D eigenvalue weighted by Gasteiger charge is 2.39. The smallest absolute Gasteiger partial charge is 0.278 e. The van der Waals surface area contributed by atoms with Crippen molar-refractivity contribution in [1.29, 1.82) is 0 Å². The number of nitrogens with one attached hydrogen (secondary N) is 1. The van der Waals surface area contributed by atoms with Crippen LogP contribution >= 0.6 is 0 Å². The summed E-state index contributed by atoms with van der Waals surface area (Å²) in [6.45, 7) is 6.84. The standard InChI is InChI=1S/C25H30N2O5/c1-25(2,3)17-8-10-18(11-9-17)26-22-21(23(28)27(24(22)29)13-14-30-4)16-7-12-19(31-5)20(15-16)32-6/h7-12,15,26H,13-14H2,1-6H3. The molecule has 1 aliphatic rings. The number of benzene rings is 2. The number of carbonyl (C=O) groups is 2. The summed E-state index contributed by atoms with van der Waals surface area (Å²) in [5, 5.41) is 3.18. The lowest BCUT2D eigenvalue weighted by Crippen LogP contribution is -2.35. The maximum absolute atomic E-state index is 13.2. The molecule has 3 rings (SSSR count). The van der Waals surface area contributed by atoms with Crippen molar-refractivity contribution >= 4 is 23.1 Å². The van der Waals surface area contributed by atoms with Crippen molar-refractivity contribution in [3.05, 3.63) is 59.3 Å². The summed E-state index contributed by atoms with van der Waals surface area (Å²) in [5.41, 5.74) is 2.98. The molecule has 0 aliphatic carbocycles. The molecule has 0 radical (unpaired) electrons. The second kappa shape index (κ2) is 9.44. The van der Waals surface area contributed by atoms with E-state index in [4.69, 9.17) is 14.2 Å². The van der Waals surface area contributed by atoms with Gasteiger partial charge in [0.15, 0.2) is 11.5 Å². The van der Waals surface area contributed by atoms with E-state index in [-0.39, 0.29) is 35.7 Å². The predicted molar refractivity (Wildman–Crippen MR) is 124 cm³/mol. The number of methoxy groups -OCH3 is 3. The molecule has 7 nitrogen and oxygen atoms in total. The van der Waals surface area contributed by atoms with Crippen LogP contribution in [0.3, 0.4) is 0 Å². The monoisotopic (exact) mass is 438 g/mol. The number of anilines is 1. The fraction of sp³-hybridized carbons (Fsp3) is 0.360. The summed E-state index contributed by atoms with van der Waals surface area (Å²) in [4.78, 5) is 27.6. The van der Waals surface area contributed by atoms with Crippen LogP contribution in [0.15, 0.2) is 48.2 Å². The number of rotatable bonds is 8. The Balaban J connectivity index is 2.05. The summed E-state index contributed by atoms with van der Waals surface area (Å²) < 4.78 is 15.8. The molecule has 1 N–H and O–H groups in total. The molecule has 0 spiro atoms. The van der Waals surface area contributed by atoms with Gasteiger partial charge in [-0.05, 0) is 40.8 Å². The maximum Gasteiger partial charge on any atom is 0.278 e. The number of hydrogen-bond donors (Lipinski definition) is 1. The zero-order valence-electron chi connectivity index (χ0n) is 19.4. The molecule has 0 atom stereocenters. The molecule has 0 bridgehead atoms. The average Bonchev–Trinajstić information content (AvgIpc) is 3.00. The SMILES string of the molecule is COCCN1C(=O)C(Nc2ccc(C(C)(C)C)cc2)=C(c2ccc(OC)c(OC)c2)C1=O. The molecule has 1 heterocycles. The summed E-state index contributed by atoms with van der Waals surface area (Å²) in [6.07, 6.45) is 0. The van der Waals surface area contributed by atoms with Gasteiger partial charge in [-0.1, -0.05) is 39.0 Å². The second-order valence-electron chi connectivity index (χ2n) is 8.53. The molecule has 7 heteroatoms. The van der Waals surface area contributed by atoms with E-state index in [0.29, 0.717) is 17.1 Å². The van der Waals surface area contributed by atoms with E-state index < -0.39 is 5.91 Å². The summed E-state index contributed by atoms with van der Waals surface area (Å²) in [6, 6.07) is 13.0. The van der Waals surface area contributed by atoms with Crippen molar-refractivity contribution in [2.75, 3.05) is 39.8 Å². The van der Waals surface area contributed by atoms with Crippen LogP contribution in [0, 0.1) is 0 Å². The third-order valence-electron chi connectivity index (χ3n) is 5.38. The molecular weight excluding hydrogens is 408 g/mol. The molecule has 1 aliphatic heterocycles. The van der Waals surface area contributed by atoms with Crippen LogP contribution in [0.1, 0.15) is 31.9 Å². The molecular formula is C25H30N2O5. The van der Waals surface area contributed by atoms with Gasteiger partial charge < -0.3 is 19.5 Å². The summed E-state index contributed by atoms with van der Waals surface area (Å²) >= 11 is 0. The molecule has 0 saturated heterocycles. The van der Waals surface area contributed by atoms with Gasteiger partial charge in [0.05, 0.1) is 32.9 Å². The van der Waals surface area contributed by atoms with E-state index in [1.165, 1.54) is 24.7 Å². The summed E-state index contributed by atoms with van der Waals surface area (Å²) in [5.74, 6) is 0.240.